The van der Waals surface area contributed by atoms with Crippen LogP contribution >= 0.6 is 0 Å². The molecule has 3 fully saturated rings. The Kier molecular flexibility index (Phi) is 10.8. The van der Waals surface area contributed by atoms with Gasteiger partial charge in [0, 0.05) is 58.1 Å². The first kappa shape index (κ1) is 36.6. The summed E-state index contributed by atoms with van der Waals surface area (Å²) in [6.45, 7) is 13.1. The van der Waals surface area contributed by atoms with Crippen molar-refractivity contribution in [2.75, 3.05) is 6.61 Å². The summed E-state index contributed by atoms with van der Waals surface area (Å²) in [6, 6.07) is 5.79. The second-order valence-corrected chi connectivity index (χ2v) is 24.0. The molecular weight excluding hydrogens is 649 g/mol. The van der Waals surface area contributed by atoms with Crippen LogP contribution in [-0.4, -0.2) is 51.3 Å². The van der Waals surface area contributed by atoms with E-state index in [0.29, 0.717) is 30.8 Å². The Morgan fingerprint density at radius 2 is 1.79 bits per heavy atom. The number of amides is 1. The van der Waals surface area contributed by atoms with Gasteiger partial charge < -0.3 is 19.2 Å². The molecule has 0 radical (unpaired) electrons. The van der Waals surface area contributed by atoms with Crippen molar-refractivity contribution in [3.05, 3.63) is 29.6 Å². The standard InChI is InChI=1S/C34H52F4N4O3SSi/c1-32(2,3)46(44)41-30(25-8-7-13-33(35,36)20-25)31-39-26-12-11-24(17-27(26)42(31)21-45-14-15-47(4,5)6)29(23-9-10-23)40-28(43)16-22-18-34(37,38)19-22/h11-12,17,22-23,25,29-30,41H,7-10,13-16,18-21H2,1-6H3,(H,40,43)/t25-,29+,30-,46?/m0/s1. The molecule has 1 aromatic heterocycles. The zero-order valence-electron chi connectivity index (χ0n) is 28.6. The van der Waals surface area contributed by atoms with E-state index in [1.54, 1.807) is 0 Å². The maximum Gasteiger partial charge on any atom is 0.248 e. The van der Waals surface area contributed by atoms with Gasteiger partial charge in [0.2, 0.25) is 17.8 Å². The minimum Gasteiger partial charge on any atom is -0.598 e. The average Bonchev–Trinajstić information content (AvgIpc) is 3.71. The van der Waals surface area contributed by atoms with E-state index in [1.807, 2.05) is 43.5 Å². The van der Waals surface area contributed by atoms with Crippen LogP contribution < -0.4 is 10.0 Å². The zero-order valence-corrected chi connectivity index (χ0v) is 30.5. The second-order valence-electron chi connectivity index (χ2n) is 16.4. The largest absolute Gasteiger partial charge is 0.598 e. The summed E-state index contributed by atoms with van der Waals surface area (Å²) >= 11 is -1.54. The van der Waals surface area contributed by atoms with E-state index in [4.69, 9.17) is 9.72 Å². The molecule has 4 atom stereocenters. The number of halogens is 4. The van der Waals surface area contributed by atoms with Crippen LogP contribution in [0.2, 0.25) is 25.7 Å². The predicted molar refractivity (Wildman–Crippen MR) is 180 cm³/mol. The van der Waals surface area contributed by atoms with Crippen LogP contribution in [0.4, 0.5) is 17.6 Å². The number of fused-ring (bicyclic) bond motifs is 1. The Hall–Kier alpha value is -1.67. The first-order chi connectivity index (χ1) is 21.8. The molecule has 0 saturated heterocycles. The van der Waals surface area contributed by atoms with Crippen molar-refractivity contribution in [1.82, 2.24) is 19.6 Å². The molecule has 3 aliphatic carbocycles. The number of nitrogens with one attached hydrogen (secondary N) is 2. The monoisotopic (exact) mass is 700 g/mol. The summed E-state index contributed by atoms with van der Waals surface area (Å²) in [5, 5.41) is 3.13. The third-order valence-electron chi connectivity index (χ3n) is 9.65. The van der Waals surface area contributed by atoms with E-state index in [0.717, 1.165) is 30.0 Å². The van der Waals surface area contributed by atoms with Crippen molar-refractivity contribution in [3.8, 4) is 0 Å². The van der Waals surface area contributed by atoms with Gasteiger partial charge in [0.05, 0.1) is 17.1 Å². The minimum atomic E-state index is -2.81. The van der Waals surface area contributed by atoms with E-state index < -0.39 is 48.0 Å². The van der Waals surface area contributed by atoms with Gasteiger partial charge in [-0.1, -0.05) is 25.7 Å². The van der Waals surface area contributed by atoms with Crippen LogP contribution in [0.1, 0.15) is 102 Å². The first-order valence-electron chi connectivity index (χ1n) is 17.1. The predicted octanol–water partition coefficient (Wildman–Crippen LogP) is 8.27. The third-order valence-corrected chi connectivity index (χ3v) is 12.9. The molecule has 264 valence electrons. The minimum absolute atomic E-state index is 0.0817. The zero-order chi connectivity index (χ0) is 34.4. The lowest BCUT2D eigenvalue weighted by molar-refractivity contribution is -0.134. The van der Waals surface area contributed by atoms with Crippen molar-refractivity contribution in [2.24, 2.45) is 17.8 Å². The summed E-state index contributed by atoms with van der Waals surface area (Å²) in [5.74, 6) is -5.73. The van der Waals surface area contributed by atoms with E-state index in [1.165, 1.54) is 0 Å². The maximum atomic E-state index is 14.8. The van der Waals surface area contributed by atoms with E-state index >= 15 is 0 Å². The van der Waals surface area contributed by atoms with E-state index in [-0.39, 0.29) is 62.6 Å². The van der Waals surface area contributed by atoms with Gasteiger partial charge in [-0.3, -0.25) is 4.79 Å². The highest BCUT2D eigenvalue weighted by molar-refractivity contribution is 7.90. The summed E-state index contributed by atoms with van der Waals surface area (Å²) in [6.07, 6.45) is 1.95. The SMILES string of the molecule is CC(C)(C)[S+]([O-])N[C@H](c1nc2ccc([C@H](NC(=O)CC3CC(F)(F)C3)C3CC3)cc2n1COCC[Si](C)(C)C)[C@H]1CCCC(F)(F)C1. The van der Waals surface area contributed by atoms with Gasteiger partial charge in [0.15, 0.2) is 0 Å². The topological polar surface area (TPSA) is 91.2 Å². The van der Waals surface area contributed by atoms with Gasteiger partial charge in [0.25, 0.3) is 0 Å². The molecule has 2 aromatic rings. The highest BCUT2D eigenvalue weighted by atomic mass is 32.2. The number of nitrogens with zero attached hydrogens (tertiary/aromatic N) is 2. The van der Waals surface area contributed by atoms with Gasteiger partial charge in [-0.05, 0) is 87.9 Å². The fourth-order valence-corrected chi connectivity index (χ4v) is 8.37. The number of carbonyl (C=O) groups is 1. The fraction of sp³-hybridized carbons (Fsp3) is 0.765. The number of imidazole rings is 1. The second kappa shape index (κ2) is 13.9. The van der Waals surface area contributed by atoms with Gasteiger partial charge in [-0.25, -0.2) is 22.5 Å². The number of carbonyl (C=O) groups excluding carboxylic acids is 1. The molecule has 1 heterocycles. The van der Waals surface area contributed by atoms with Crippen LogP contribution in [0.15, 0.2) is 18.2 Å². The van der Waals surface area contributed by atoms with Crippen LogP contribution in [0, 0.1) is 17.8 Å². The quantitative estimate of drug-likeness (QED) is 0.0897. The highest BCUT2D eigenvalue weighted by Crippen LogP contribution is 2.46. The summed E-state index contributed by atoms with van der Waals surface area (Å²) in [5.41, 5.74) is 2.29. The molecule has 5 rings (SSSR count). The van der Waals surface area contributed by atoms with Gasteiger partial charge in [-0.15, -0.1) is 4.72 Å². The third kappa shape index (κ3) is 9.73. The molecule has 13 heteroatoms. The smallest absolute Gasteiger partial charge is 0.248 e. The molecule has 2 N–H and O–H groups in total. The summed E-state index contributed by atoms with van der Waals surface area (Å²) in [7, 11) is -1.39. The molecule has 3 saturated carbocycles. The van der Waals surface area contributed by atoms with Crippen molar-refractivity contribution in [3.63, 3.8) is 0 Å². The van der Waals surface area contributed by atoms with Crippen LogP contribution in [-0.2, 0) is 27.6 Å². The maximum absolute atomic E-state index is 14.8. The Bertz CT molecular complexity index is 1400. The summed E-state index contributed by atoms with van der Waals surface area (Å²) < 4.78 is 80.7. The van der Waals surface area contributed by atoms with E-state index in [9.17, 15) is 26.9 Å². The molecule has 1 aromatic carbocycles. The Morgan fingerprint density at radius 3 is 2.38 bits per heavy atom. The first-order valence-corrected chi connectivity index (χ1v) is 22.0. The molecular formula is C34H52F4N4O3SSi. The van der Waals surface area contributed by atoms with Crippen LogP contribution in [0.5, 0.6) is 0 Å². The molecule has 47 heavy (non-hydrogen) atoms. The number of ether oxygens (including phenoxy) is 1. The fourth-order valence-electron chi connectivity index (χ4n) is 6.73. The lowest BCUT2D eigenvalue weighted by Gasteiger charge is -2.36. The normalized spacial score (nSPS) is 23.7. The lowest BCUT2D eigenvalue weighted by Crippen LogP contribution is -2.45. The van der Waals surface area contributed by atoms with Crippen LogP contribution in [0.3, 0.4) is 0 Å². The number of hydrogen-bond acceptors (Lipinski definition) is 5. The number of rotatable bonds is 14. The Labute approximate surface area is 280 Å². The van der Waals surface area contributed by atoms with Crippen molar-refractivity contribution >= 4 is 36.4 Å². The van der Waals surface area contributed by atoms with E-state index in [2.05, 4.69) is 29.7 Å². The molecule has 7 nitrogen and oxygen atoms in total. The molecule has 0 spiro atoms. The number of hydrogen-bond donors (Lipinski definition) is 2. The Balaban J connectivity index is 1.49. The van der Waals surface area contributed by atoms with Crippen molar-refractivity contribution in [2.45, 2.75) is 140 Å². The van der Waals surface area contributed by atoms with Gasteiger partial charge in [0.1, 0.15) is 23.3 Å². The number of alkyl halides is 4. The molecule has 1 unspecified atom stereocenters. The van der Waals surface area contributed by atoms with Crippen LogP contribution in [0.25, 0.3) is 11.0 Å². The molecule has 3 aliphatic rings. The Morgan fingerprint density at radius 1 is 1.09 bits per heavy atom. The molecule has 0 aliphatic heterocycles. The van der Waals surface area contributed by atoms with Gasteiger partial charge in [-0.2, -0.15) is 0 Å². The average molecular weight is 701 g/mol. The van der Waals surface area contributed by atoms with Gasteiger partial charge >= 0.3 is 0 Å². The number of benzene rings is 1. The van der Waals surface area contributed by atoms with Crippen molar-refractivity contribution in [1.29, 1.82) is 0 Å². The summed E-state index contributed by atoms with van der Waals surface area (Å²) in [4.78, 5) is 18.0. The number of aromatic nitrogens is 2. The molecule has 1 amide bonds. The molecule has 0 bridgehead atoms. The highest BCUT2D eigenvalue weighted by Gasteiger charge is 2.47. The lowest BCUT2D eigenvalue weighted by atomic mass is 9.79. The van der Waals surface area contributed by atoms with Crippen molar-refractivity contribution < 1.29 is 31.6 Å².